The maximum atomic E-state index is 9.82. The fourth-order valence-electron chi connectivity index (χ4n) is 5.64. The summed E-state index contributed by atoms with van der Waals surface area (Å²) in [5, 5.41) is 19.2. The molecule has 0 bridgehead atoms. The highest BCUT2D eigenvalue weighted by atomic mass is 15.0. The van der Waals surface area contributed by atoms with E-state index in [2.05, 4.69) is 66.8 Å². The van der Waals surface area contributed by atoms with Gasteiger partial charge in [-0.1, -0.05) is 97.1 Å². The molecule has 5 nitrogen and oxygen atoms in total. The lowest BCUT2D eigenvalue weighted by molar-refractivity contribution is 1.01. The molecular weight excluding hydrogens is 562 g/mol. The standard InChI is InChI=1S/C41H27N5/c42-26-28-10-7-15-32(20-28)37-21-29(27-43)22-38(25-37)35-18-8-16-33(23-35)34-17-9-19-36(24-34)41-45-39(30-11-3-1-4-12-30)44-40(46-41)31-13-5-2-6-14-31/h1,3-5,7-25H,2,6H2. The van der Waals surface area contributed by atoms with Gasteiger partial charge in [-0.15, -0.1) is 0 Å². The lowest BCUT2D eigenvalue weighted by atomic mass is 9.93. The zero-order chi connectivity index (χ0) is 31.3. The van der Waals surface area contributed by atoms with Gasteiger partial charge in [0, 0.05) is 16.7 Å². The highest BCUT2D eigenvalue weighted by molar-refractivity contribution is 5.80. The smallest absolute Gasteiger partial charge is 0.164 e. The predicted molar refractivity (Wildman–Crippen MR) is 183 cm³/mol. The van der Waals surface area contributed by atoms with E-state index >= 15 is 0 Å². The summed E-state index contributed by atoms with van der Waals surface area (Å²) in [4.78, 5) is 14.7. The van der Waals surface area contributed by atoms with Crippen molar-refractivity contribution >= 4 is 5.57 Å². The van der Waals surface area contributed by atoms with E-state index in [0.717, 1.165) is 62.9 Å². The lowest BCUT2D eigenvalue weighted by Crippen LogP contribution is -2.03. The molecule has 1 heterocycles. The quantitative estimate of drug-likeness (QED) is 0.193. The molecule has 1 aliphatic rings. The maximum Gasteiger partial charge on any atom is 0.164 e. The van der Waals surface area contributed by atoms with Gasteiger partial charge in [-0.2, -0.15) is 10.5 Å². The molecule has 7 rings (SSSR count). The van der Waals surface area contributed by atoms with Crippen LogP contribution in [0.2, 0.25) is 0 Å². The third-order valence-corrected chi connectivity index (χ3v) is 7.96. The number of nitriles is 2. The Morgan fingerprint density at radius 2 is 0.935 bits per heavy atom. The normalized spacial score (nSPS) is 12.2. The average molecular weight is 590 g/mol. The van der Waals surface area contributed by atoms with Gasteiger partial charge in [-0.3, -0.25) is 0 Å². The first-order chi connectivity index (χ1) is 22.7. The molecule has 0 N–H and O–H groups in total. The second kappa shape index (κ2) is 12.7. The number of aromatic nitrogens is 3. The second-order valence-electron chi connectivity index (χ2n) is 11.1. The van der Waals surface area contributed by atoms with E-state index in [-0.39, 0.29) is 0 Å². The molecular formula is C41H27N5. The van der Waals surface area contributed by atoms with Gasteiger partial charge >= 0.3 is 0 Å². The Kier molecular flexibility index (Phi) is 7.80. The van der Waals surface area contributed by atoms with Crippen LogP contribution in [0.15, 0.2) is 140 Å². The van der Waals surface area contributed by atoms with Crippen molar-refractivity contribution in [2.45, 2.75) is 12.8 Å². The van der Waals surface area contributed by atoms with Crippen molar-refractivity contribution in [3.8, 4) is 68.3 Å². The number of allylic oxidation sites excluding steroid dienone is 4. The topological polar surface area (TPSA) is 86.2 Å². The van der Waals surface area contributed by atoms with Gasteiger partial charge in [0.1, 0.15) is 0 Å². The van der Waals surface area contributed by atoms with E-state index in [1.165, 1.54) is 0 Å². The van der Waals surface area contributed by atoms with Crippen LogP contribution < -0.4 is 0 Å². The van der Waals surface area contributed by atoms with E-state index in [1.807, 2.05) is 78.9 Å². The highest BCUT2D eigenvalue weighted by Crippen LogP contribution is 2.33. The molecule has 0 radical (unpaired) electrons. The predicted octanol–water partition coefficient (Wildman–Crippen LogP) is 9.68. The molecule has 5 aromatic carbocycles. The summed E-state index contributed by atoms with van der Waals surface area (Å²) in [6.45, 7) is 0. The van der Waals surface area contributed by atoms with Crippen LogP contribution in [0.5, 0.6) is 0 Å². The molecule has 5 heteroatoms. The summed E-state index contributed by atoms with van der Waals surface area (Å²) in [6, 6.07) is 44.3. The van der Waals surface area contributed by atoms with Crippen molar-refractivity contribution in [1.82, 2.24) is 15.0 Å². The van der Waals surface area contributed by atoms with Gasteiger partial charge in [0.25, 0.3) is 0 Å². The molecule has 46 heavy (non-hydrogen) atoms. The van der Waals surface area contributed by atoms with E-state index in [9.17, 15) is 10.5 Å². The van der Waals surface area contributed by atoms with Crippen LogP contribution in [0.3, 0.4) is 0 Å². The Morgan fingerprint density at radius 3 is 1.59 bits per heavy atom. The van der Waals surface area contributed by atoms with Gasteiger partial charge in [-0.25, -0.2) is 15.0 Å². The zero-order valence-electron chi connectivity index (χ0n) is 24.9. The molecule has 1 aromatic heterocycles. The molecule has 0 fully saturated rings. The molecule has 0 amide bonds. The first kappa shape index (κ1) is 28.3. The summed E-state index contributed by atoms with van der Waals surface area (Å²) in [7, 11) is 0. The number of rotatable bonds is 6. The van der Waals surface area contributed by atoms with Gasteiger partial charge in [0.2, 0.25) is 0 Å². The maximum absolute atomic E-state index is 9.82. The molecule has 216 valence electrons. The van der Waals surface area contributed by atoms with Gasteiger partial charge < -0.3 is 0 Å². The summed E-state index contributed by atoms with van der Waals surface area (Å²) in [5.74, 6) is 1.93. The van der Waals surface area contributed by atoms with Crippen molar-refractivity contribution in [2.24, 2.45) is 0 Å². The van der Waals surface area contributed by atoms with Crippen LogP contribution in [-0.2, 0) is 0 Å². The van der Waals surface area contributed by atoms with E-state index in [4.69, 9.17) is 15.0 Å². The van der Waals surface area contributed by atoms with Crippen molar-refractivity contribution in [2.75, 3.05) is 0 Å². The molecule has 0 saturated heterocycles. The van der Waals surface area contributed by atoms with E-state index in [0.29, 0.717) is 28.6 Å². The first-order valence-corrected chi connectivity index (χ1v) is 15.1. The minimum Gasteiger partial charge on any atom is -0.208 e. The summed E-state index contributed by atoms with van der Waals surface area (Å²) in [6.07, 6.45) is 8.41. The van der Waals surface area contributed by atoms with E-state index in [1.54, 1.807) is 6.07 Å². The molecule has 0 unspecified atom stereocenters. The fraction of sp³-hybridized carbons (Fsp3) is 0.0488. The molecule has 6 aromatic rings. The van der Waals surface area contributed by atoms with Crippen molar-refractivity contribution in [1.29, 1.82) is 10.5 Å². The summed E-state index contributed by atoms with van der Waals surface area (Å²) >= 11 is 0. The number of nitrogens with zero attached hydrogens (tertiary/aromatic N) is 5. The van der Waals surface area contributed by atoms with Gasteiger partial charge in [0.05, 0.1) is 23.3 Å². The highest BCUT2D eigenvalue weighted by Gasteiger charge is 2.14. The van der Waals surface area contributed by atoms with Crippen LogP contribution in [-0.4, -0.2) is 15.0 Å². The number of hydrogen-bond acceptors (Lipinski definition) is 5. The Labute approximate surface area is 268 Å². The van der Waals surface area contributed by atoms with Gasteiger partial charge in [0.15, 0.2) is 17.5 Å². The monoisotopic (exact) mass is 589 g/mol. The Bertz CT molecular complexity index is 2230. The number of benzene rings is 5. The molecule has 0 aliphatic heterocycles. The van der Waals surface area contributed by atoms with Crippen LogP contribution in [0, 0.1) is 22.7 Å². The third-order valence-electron chi connectivity index (χ3n) is 7.96. The minimum atomic E-state index is 0.560. The van der Waals surface area contributed by atoms with E-state index < -0.39 is 0 Å². The zero-order valence-corrected chi connectivity index (χ0v) is 24.9. The molecule has 0 atom stereocenters. The SMILES string of the molecule is N#Cc1cccc(-c2cc(C#N)cc(-c3cccc(-c4cccc(-c5nc(C6=CCCC=C6)nc(-c6ccccc6)n5)c4)c3)c2)c1. The van der Waals surface area contributed by atoms with Crippen LogP contribution in [0.4, 0.5) is 0 Å². The lowest BCUT2D eigenvalue weighted by Gasteiger charge is -2.12. The van der Waals surface area contributed by atoms with Crippen molar-refractivity contribution < 1.29 is 0 Å². The van der Waals surface area contributed by atoms with Gasteiger partial charge in [-0.05, 0) is 88.7 Å². The first-order valence-electron chi connectivity index (χ1n) is 15.1. The fourth-order valence-corrected chi connectivity index (χ4v) is 5.64. The second-order valence-corrected chi connectivity index (χ2v) is 11.1. The van der Waals surface area contributed by atoms with Crippen molar-refractivity contribution in [3.63, 3.8) is 0 Å². The molecule has 1 aliphatic carbocycles. The molecule has 0 saturated carbocycles. The summed E-state index contributed by atoms with van der Waals surface area (Å²) in [5.41, 5.74) is 9.75. The van der Waals surface area contributed by atoms with Crippen molar-refractivity contribution in [3.05, 3.63) is 157 Å². The average Bonchev–Trinajstić information content (AvgIpc) is 3.15. The Balaban J connectivity index is 1.28. The number of hydrogen-bond donors (Lipinski definition) is 0. The summed E-state index contributed by atoms with van der Waals surface area (Å²) < 4.78 is 0. The third kappa shape index (κ3) is 5.99. The van der Waals surface area contributed by atoms with Crippen LogP contribution in [0.25, 0.3) is 61.7 Å². The Hall–Kier alpha value is -6.43. The largest absolute Gasteiger partial charge is 0.208 e. The van der Waals surface area contributed by atoms with Crippen LogP contribution in [0.1, 0.15) is 29.8 Å². The minimum absolute atomic E-state index is 0.560. The Morgan fingerprint density at radius 1 is 0.435 bits per heavy atom. The van der Waals surface area contributed by atoms with Crippen LogP contribution >= 0.6 is 0 Å². The molecule has 0 spiro atoms.